The molecule has 4 heteroatoms. The molecule has 2 nitrogen and oxygen atoms in total. The van der Waals surface area contributed by atoms with Crippen molar-refractivity contribution < 1.29 is 0 Å². The number of thiophene rings is 1. The van der Waals surface area contributed by atoms with E-state index >= 15 is 0 Å². The van der Waals surface area contributed by atoms with Gasteiger partial charge in [0.25, 0.3) is 0 Å². The molecule has 0 spiro atoms. The van der Waals surface area contributed by atoms with E-state index in [4.69, 9.17) is 5.73 Å². The Bertz CT molecular complexity index is 424. The fourth-order valence-electron chi connectivity index (χ4n) is 1.19. The number of hydrogen-bond acceptors (Lipinski definition) is 4. The van der Waals surface area contributed by atoms with Crippen LogP contribution in [-0.2, 0) is 0 Å². The van der Waals surface area contributed by atoms with Crippen molar-refractivity contribution in [1.82, 2.24) is 4.98 Å². The first kappa shape index (κ1) is 10.7. The smallest absolute Gasteiger partial charge is 0.102 e. The van der Waals surface area contributed by atoms with Gasteiger partial charge in [0.15, 0.2) is 0 Å². The fourth-order valence-corrected chi connectivity index (χ4v) is 2.91. The molecule has 15 heavy (non-hydrogen) atoms. The fraction of sp³-hybridized carbons (Fsp3) is 0.182. The summed E-state index contributed by atoms with van der Waals surface area (Å²) in [6, 6.07) is 8.21. The topological polar surface area (TPSA) is 38.9 Å². The molecule has 0 aliphatic heterocycles. The molecule has 0 radical (unpaired) electrons. The average Bonchev–Trinajstić information content (AvgIpc) is 2.71. The first-order valence-electron chi connectivity index (χ1n) is 4.68. The number of nitrogens with two attached hydrogens (primary N) is 1. The number of hydrogen-bond donors (Lipinski definition) is 1. The average molecular weight is 236 g/mol. The monoisotopic (exact) mass is 236 g/mol. The molecule has 2 aromatic heterocycles. The molecule has 0 aliphatic rings. The zero-order chi connectivity index (χ0) is 10.7. The molecule has 0 aliphatic carbocycles. The Morgan fingerprint density at radius 2 is 2.33 bits per heavy atom. The number of rotatable bonds is 3. The molecule has 1 atom stereocenters. The minimum absolute atomic E-state index is 0.0654. The molecule has 0 fully saturated rings. The highest BCUT2D eigenvalue weighted by Gasteiger charge is 2.03. The van der Waals surface area contributed by atoms with Crippen LogP contribution in [-0.4, -0.2) is 4.98 Å². The number of pyridine rings is 1. The lowest BCUT2D eigenvalue weighted by atomic mass is 10.1. The summed E-state index contributed by atoms with van der Waals surface area (Å²) in [6.45, 7) is 1.98. The van der Waals surface area contributed by atoms with E-state index in [0.717, 1.165) is 10.6 Å². The second-order valence-corrected chi connectivity index (χ2v) is 5.52. The molecule has 0 saturated carbocycles. The summed E-state index contributed by atoms with van der Waals surface area (Å²) in [6.07, 6.45) is 1.81. The van der Waals surface area contributed by atoms with Crippen molar-refractivity contribution in [3.8, 4) is 0 Å². The molecule has 2 rings (SSSR count). The van der Waals surface area contributed by atoms with Crippen LogP contribution in [0.25, 0.3) is 0 Å². The second-order valence-electron chi connectivity index (χ2n) is 3.25. The van der Waals surface area contributed by atoms with E-state index in [2.05, 4.69) is 22.5 Å². The summed E-state index contributed by atoms with van der Waals surface area (Å²) < 4.78 is 1.25. The summed E-state index contributed by atoms with van der Waals surface area (Å²) in [4.78, 5) is 4.31. The number of aromatic nitrogens is 1. The van der Waals surface area contributed by atoms with Gasteiger partial charge >= 0.3 is 0 Å². The molecule has 0 saturated heterocycles. The third kappa shape index (κ3) is 2.81. The largest absolute Gasteiger partial charge is 0.324 e. The minimum Gasteiger partial charge on any atom is -0.324 e. The van der Waals surface area contributed by atoms with E-state index in [-0.39, 0.29) is 6.04 Å². The van der Waals surface area contributed by atoms with Crippen LogP contribution < -0.4 is 5.73 Å². The zero-order valence-electron chi connectivity index (χ0n) is 8.38. The van der Waals surface area contributed by atoms with Crippen molar-refractivity contribution in [2.45, 2.75) is 22.2 Å². The summed E-state index contributed by atoms with van der Waals surface area (Å²) in [5.74, 6) is 0. The van der Waals surface area contributed by atoms with Crippen molar-refractivity contribution in [3.05, 3.63) is 41.4 Å². The Morgan fingerprint density at radius 1 is 1.47 bits per heavy atom. The molecule has 78 valence electrons. The van der Waals surface area contributed by atoms with Crippen LogP contribution in [0.3, 0.4) is 0 Å². The van der Waals surface area contributed by atoms with E-state index in [9.17, 15) is 0 Å². The van der Waals surface area contributed by atoms with Gasteiger partial charge in [-0.1, -0.05) is 17.8 Å². The van der Waals surface area contributed by atoms with Gasteiger partial charge in [0.1, 0.15) is 5.03 Å². The van der Waals surface area contributed by atoms with Crippen LogP contribution in [0.1, 0.15) is 18.5 Å². The summed E-state index contributed by atoms with van der Waals surface area (Å²) >= 11 is 3.40. The molecule has 2 aromatic rings. The van der Waals surface area contributed by atoms with E-state index < -0.39 is 0 Å². The molecule has 2 heterocycles. The van der Waals surface area contributed by atoms with E-state index in [1.54, 1.807) is 23.1 Å². The van der Waals surface area contributed by atoms with Crippen LogP contribution in [0.4, 0.5) is 0 Å². The second kappa shape index (κ2) is 4.79. The normalized spacial score (nSPS) is 12.7. The van der Waals surface area contributed by atoms with Crippen LogP contribution in [0, 0.1) is 0 Å². The molecular formula is C11H12N2S2. The van der Waals surface area contributed by atoms with Crippen LogP contribution in [0.15, 0.2) is 45.1 Å². The van der Waals surface area contributed by atoms with Gasteiger partial charge in [-0.15, -0.1) is 11.3 Å². The van der Waals surface area contributed by atoms with Gasteiger partial charge in [0.05, 0.1) is 4.21 Å². The Labute approximate surface area is 97.5 Å². The third-order valence-electron chi connectivity index (χ3n) is 1.98. The Morgan fingerprint density at radius 3 is 3.00 bits per heavy atom. The van der Waals surface area contributed by atoms with Gasteiger partial charge in [0.2, 0.25) is 0 Å². The van der Waals surface area contributed by atoms with Gasteiger partial charge in [-0.2, -0.15) is 0 Å². The SMILES string of the molecule is C[C@@H](N)c1ccnc(Sc2cccs2)c1. The maximum absolute atomic E-state index is 5.82. The highest BCUT2D eigenvalue weighted by molar-refractivity contribution is 8.01. The van der Waals surface area contributed by atoms with Crippen LogP contribution >= 0.6 is 23.1 Å². The van der Waals surface area contributed by atoms with E-state index in [1.165, 1.54) is 4.21 Å². The Hall–Kier alpha value is -0.840. The van der Waals surface area contributed by atoms with Gasteiger partial charge in [-0.05, 0) is 36.1 Å². The molecule has 0 aromatic carbocycles. The maximum atomic E-state index is 5.82. The lowest BCUT2D eigenvalue weighted by molar-refractivity contribution is 0.808. The highest BCUT2D eigenvalue weighted by Crippen LogP contribution is 2.30. The lowest BCUT2D eigenvalue weighted by Gasteiger charge is -2.06. The third-order valence-corrected chi connectivity index (χ3v) is 3.95. The predicted octanol–water partition coefficient (Wildman–Crippen LogP) is 3.31. The van der Waals surface area contributed by atoms with Crippen molar-refractivity contribution in [3.63, 3.8) is 0 Å². The minimum atomic E-state index is 0.0654. The van der Waals surface area contributed by atoms with Crippen LogP contribution in [0.2, 0.25) is 0 Å². The highest BCUT2D eigenvalue weighted by atomic mass is 32.2. The molecular weight excluding hydrogens is 224 g/mol. The standard InChI is InChI=1S/C11H12N2S2/c1-8(12)9-4-5-13-10(7-9)15-11-3-2-6-14-11/h2-8H,12H2,1H3/t8-/m1/s1. The molecule has 0 amide bonds. The van der Waals surface area contributed by atoms with E-state index in [0.29, 0.717) is 0 Å². The predicted molar refractivity (Wildman–Crippen MR) is 65.3 cm³/mol. The quantitative estimate of drug-likeness (QED) is 0.888. The van der Waals surface area contributed by atoms with Gasteiger partial charge < -0.3 is 5.73 Å². The van der Waals surface area contributed by atoms with Gasteiger partial charge in [-0.3, -0.25) is 0 Å². The zero-order valence-corrected chi connectivity index (χ0v) is 10.0. The Balaban J connectivity index is 2.18. The molecule has 2 N–H and O–H groups in total. The maximum Gasteiger partial charge on any atom is 0.102 e. The van der Waals surface area contributed by atoms with Crippen molar-refractivity contribution in [2.24, 2.45) is 5.73 Å². The van der Waals surface area contributed by atoms with Gasteiger partial charge in [0, 0.05) is 12.2 Å². The van der Waals surface area contributed by atoms with Crippen molar-refractivity contribution in [1.29, 1.82) is 0 Å². The number of nitrogens with zero attached hydrogens (tertiary/aromatic N) is 1. The van der Waals surface area contributed by atoms with Crippen LogP contribution in [0.5, 0.6) is 0 Å². The molecule has 0 bridgehead atoms. The Kier molecular flexibility index (Phi) is 3.41. The van der Waals surface area contributed by atoms with Crippen molar-refractivity contribution in [2.75, 3.05) is 0 Å². The first-order valence-corrected chi connectivity index (χ1v) is 6.38. The van der Waals surface area contributed by atoms with Gasteiger partial charge in [-0.25, -0.2) is 4.98 Å². The lowest BCUT2D eigenvalue weighted by Crippen LogP contribution is -2.04. The van der Waals surface area contributed by atoms with E-state index in [1.807, 2.05) is 25.3 Å². The summed E-state index contributed by atoms with van der Waals surface area (Å²) in [5, 5.41) is 3.07. The first-order chi connectivity index (χ1) is 7.25. The molecule has 0 unspecified atom stereocenters. The van der Waals surface area contributed by atoms with Crippen molar-refractivity contribution >= 4 is 23.1 Å². The summed E-state index contributed by atoms with van der Waals surface area (Å²) in [7, 11) is 0. The summed E-state index contributed by atoms with van der Waals surface area (Å²) in [5.41, 5.74) is 6.95.